The average Bonchev–Trinajstić information content (AvgIpc) is 3.43. The number of nitrogen functional groups attached to an aromatic ring is 1. The fraction of sp³-hybridized carbons (Fsp3) is 0.606. The van der Waals surface area contributed by atoms with Gasteiger partial charge in [0.1, 0.15) is 6.04 Å². The molecule has 5 heterocycles. The molecule has 1 aromatic heterocycles. The van der Waals surface area contributed by atoms with Gasteiger partial charge < -0.3 is 36.0 Å². The predicted molar refractivity (Wildman–Crippen MR) is 184 cm³/mol. The second kappa shape index (κ2) is 14.4. The number of likely N-dealkylation sites (tertiary alicyclic amines) is 2. The van der Waals surface area contributed by atoms with E-state index in [9.17, 15) is 14.4 Å². The summed E-state index contributed by atoms with van der Waals surface area (Å²) in [5.74, 6) is -0.0563. The number of hydrogen-bond donors (Lipinski definition) is 3. The molecule has 5 amide bonds. The smallest absolute Gasteiger partial charge is 0.322 e. The Morgan fingerprint density at radius 2 is 1.65 bits per heavy atom. The molecule has 13 heteroatoms. The molecule has 0 saturated carbocycles. The van der Waals surface area contributed by atoms with Gasteiger partial charge in [0.25, 0.3) is 0 Å². The van der Waals surface area contributed by atoms with Crippen molar-refractivity contribution in [2.24, 2.45) is 0 Å². The molecule has 11 nitrogen and oxygen atoms in total. The van der Waals surface area contributed by atoms with Gasteiger partial charge in [-0.1, -0.05) is 17.7 Å². The maximum absolute atomic E-state index is 14.0. The van der Waals surface area contributed by atoms with Crippen molar-refractivity contribution in [1.82, 2.24) is 29.8 Å². The molecule has 4 N–H and O–H groups in total. The lowest BCUT2D eigenvalue weighted by molar-refractivity contribution is -0.135. The Morgan fingerprint density at radius 3 is 2.35 bits per heavy atom. The van der Waals surface area contributed by atoms with Crippen LogP contribution in [0.4, 0.5) is 21.0 Å². The van der Waals surface area contributed by atoms with Crippen molar-refractivity contribution in [3.05, 3.63) is 44.6 Å². The highest BCUT2D eigenvalue weighted by Crippen LogP contribution is 2.28. The van der Waals surface area contributed by atoms with Crippen LogP contribution in [0.15, 0.2) is 22.9 Å². The van der Waals surface area contributed by atoms with Gasteiger partial charge in [0.15, 0.2) is 0 Å². The van der Waals surface area contributed by atoms with E-state index in [1.54, 1.807) is 22.3 Å². The molecule has 3 saturated heterocycles. The van der Waals surface area contributed by atoms with E-state index in [0.717, 1.165) is 62.3 Å². The number of piperidine rings is 2. The van der Waals surface area contributed by atoms with Gasteiger partial charge in [-0.05, 0) is 74.2 Å². The van der Waals surface area contributed by atoms with Crippen LogP contribution in [-0.2, 0) is 17.6 Å². The summed E-state index contributed by atoms with van der Waals surface area (Å²) in [5.41, 5.74) is 10.4. The molecule has 4 aliphatic rings. The zero-order valence-electron chi connectivity index (χ0n) is 27.0. The summed E-state index contributed by atoms with van der Waals surface area (Å²) in [5, 5.41) is 10.7. The maximum Gasteiger partial charge on any atom is 0.322 e. The lowest BCUT2D eigenvalue weighted by atomic mass is 9.98. The highest BCUT2D eigenvalue weighted by Gasteiger charge is 2.35. The van der Waals surface area contributed by atoms with E-state index in [1.165, 1.54) is 5.56 Å². The number of hydrogen-bond acceptors (Lipinski definition) is 7. The Bertz CT molecular complexity index is 1390. The van der Waals surface area contributed by atoms with Crippen LogP contribution in [0, 0.1) is 6.92 Å². The second-order valence-electron chi connectivity index (χ2n) is 13.3. The van der Waals surface area contributed by atoms with Crippen LogP contribution in [0.1, 0.15) is 42.4 Å². The number of halogens is 1. The number of nitrogens with one attached hydrogen (secondary N) is 2. The summed E-state index contributed by atoms with van der Waals surface area (Å²) in [7, 11) is 2.17. The van der Waals surface area contributed by atoms with Crippen LogP contribution in [-0.4, -0.2) is 127 Å². The maximum atomic E-state index is 14.0. The molecule has 2 aromatic rings. The number of anilines is 2. The van der Waals surface area contributed by atoms with Gasteiger partial charge in [-0.2, -0.15) is 0 Å². The first-order valence-corrected chi connectivity index (χ1v) is 17.9. The Hall–Kier alpha value is -3.06. The highest BCUT2D eigenvalue weighted by molar-refractivity contribution is 7.08. The number of urea groups is 2. The largest absolute Gasteiger partial charge is 0.397 e. The third-order valence-corrected chi connectivity index (χ3v) is 11.4. The number of rotatable bonds is 6. The Labute approximate surface area is 281 Å². The molecule has 0 bridgehead atoms. The Morgan fingerprint density at radius 1 is 0.978 bits per heavy atom. The zero-order chi connectivity index (χ0) is 32.4. The summed E-state index contributed by atoms with van der Waals surface area (Å²) in [4.78, 5) is 51.3. The van der Waals surface area contributed by atoms with E-state index in [0.29, 0.717) is 68.7 Å². The molecule has 46 heavy (non-hydrogen) atoms. The minimum Gasteiger partial charge on any atom is -0.397 e. The standard InChI is InChI=1S/C33H47ClN8O3S/c1-22-17-23(18-27(34)30(22)35)19-28(31(43)40-8-4-25(5-9-40)39-15-13-38(2)14-16-39)36-32(44)41-10-6-26(7-11-41)42-12-3-24-20-46-21-29(24)37-33(42)45/h17-18,20-21,25-26,28H,3-16,19,35H2,1-2H3,(H,36,44)(H,37,45)/t28-/m1/s1. The predicted octanol–water partition coefficient (Wildman–Crippen LogP) is 3.71. The summed E-state index contributed by atoms with van der Waals surface area (Å²) in [6.45, 7) is 9.26. The number of benzene rings is 1. The van der Waals surface area contributed by atoms with Crippen LogP contribution in [0.2, 0.25) is 5.02 Å². The number of carbonyl (C=O) groups is 3. The number of nitrogens with zero attached hydrogens (tertiary/aromatic N) is 5. The topological polar surface area (TPSA) is 117 Å². The number of piperazine rings is 1. The van der Waals surface area contributed by atoms with E-state index in [2.05, 4.69) is 32.9 Å². The van der Waals surface area contributed by atoms with Crippen molar-refractivity contribution in [3.63, 3.8) is 0 Å². The van der Waals surface area contributed by atoms with Gasteiger partial charge in [0, 0.05) is 82.8 Å². The number of likely N-dealkylation sites (N-methyl/N-ethyl adjacent to an activating group) is 1. The molecule has 3 fully saturated rings. The summed E-state index contributed by atoms with van der Waals surface area (Å²) < 4.78 is 0. The van der Waals surface area contributed by atoms with Crippen LogP contribution in [0.3, 0.4) is 0 Å². The van der Waals surface area contributed by atoms with Crippen molar-refractivity contribution in [2.45, 2.75) is 63.6 Å². The SMILES string of the molecule is Cc1cc(C[C@@H](NC(=O)N2CCC(N3CCc4cscc4NC3=O)CC2)C(=O)N2CCC(N3CCN(C)CC3)CC2)cc(Cl)c1N. The fourth-order valence-electron chi connectivity index (χ4n) is 7.36. The number of amides is 5. The quantitative estimate of drug-likeness (QED) is 0.404. The van der Waals surface area contributed by atoms with Crippen LogP contribution in [0.25, 0.3) is 0 Å². The second-order valence-corrected chi connectivity index (χ2v) is 14.5. The minimum atomic E-state index is -0.722. The van der Waals surface area contributed by atoms with E-state index in [4.69, 9.17) is 17.3 Å². The molecule has 250 valence electrons. The highest BCUT2D eigenvalue weighted by atomic mass is 35.5. The number of aryl methyl sites for hydroxylation is 1. The average molecular weight is 671 g/mol. The van der Waals surface area contributed by atoms with Crippen molar-refractivity contribution in [2.75, 3.05) is 77.0 Å². The van der Waals surface area contributed by atoms with Crippen molar-refractivity contribution < 1.29 is 14.4 Å². The number of carbonyl (C=O) groups excluding carboxylic acids is 3. The zero-order valence-corrected chi connectivity index (χ0v) is 28.5. The molecule has 4 aliphatic heterocycles. The number of nitrogens with two attached hydrogens (primary N) is 1. The molecule has 1 atom stereocenters. The first-order chi connectivity index (χ1) is 22.2. The third-order valence-electron chi connectivity index (χ3n) is 10.3. The number of fused-ring (bicyclic) bond motifs is 1. The van der Waals surface area contributed by atoms with Gasteiger partial charge in [-0.3, -0.25) is 9.69 Å². The first kappa shape index (κ1) is 32.9. The van der Waals surface area contributed by atoms with Gasteiger partial charge in [0.2, 0.25) is 5.91 Å². The van der Waals surface area contributed by atoms with E-state index in [1.807, 2.05) is 28.2 Å². The molecule has 0 spiro atoms. The van der Waals surface area contributed by atoms with Crippen molar-refractivity contribution in [3.8, 4) is 0 Å². The van der Waals surface area contributed by atoms with Crippen LogP contribution in [0.5, 0.6) is 0 Å². The van der Waals surface area contributed by atoms with Crippen LogP contribution >= 0.6 is 22.9 Å². The molecule has 0 aliphatic carbocycles. The summed E-state index contributed by atoms with van der Waals surface area (Å²) in [6, 6.07) is 3.26. The van der Waals surface area contributed by atoms with Crippen LogP contribution < -0.4 is 16.4 Å². The van der Waals surface area contributed by atoms with E-state index in [-0.39, 0.29) is 24.0 Å². The third kappa shape index (κ3) is 7.40. The summed E-state index contributed by atoms with van der Waals surface area (Å²) >= 11 is 8.02. The van der Waals surface area contributed by atoms with Gasteiger partial charge in [-0.15, -0.1) is 11.3 Å². The van der Waals surface area contributed by atoms with Gasteiger partial charge >= 0.3 is 12.1 Å². The normalized spacial score (nSPS) is 21.5. The minimum absolute atomic E-state index is 0.0563. The van der Waals surface area contributed by atoms with Gasteiger partial charge in [0.05, 0.1) is 16.4 Å². The molecule has 0 unspecified atom stereocenters. The summed E-state index contributed by atoms with van der Waals surface area (Å²) in [6.07, 6.45) is 4.42. The van der Waals surface area contributed by atoms with Crippen molar-refractivity contribution in [1.29, 1.82) is 0 Å². The van der Waals surface area contributed by atoms with E-state index >= 15 is 0 Å². The Balaban J connectivity index is 1.08. The van der Waals surface area contributed by atoms with E-state index < -0.39 is 6.04 Å². The monoisotopic (exact) mass is 670 g/mol. The molecule has 1 aromatic carbocycles. The first-order valence-electron chi connectivity index (χ1n) is 16.6. The lowest BCUT2D eigenvalue weighted by Gasteiger charge is -2.42. The van der Waals surface area contributed by atoms with Crippen molar-refractivity contribution >= 4 is 52.3 Å². The fourth-order valence-corrected chi connectivity index (χ4v) is 8.48. The molecule has 0 radical (unpaired) electrons. The Kier molecular flexibility index (Phi) is 10.3. The van der Waals surface area contributed by atoms with Gasteiger partial charge in [-0.25, -0.2) is 9.59 Å². The molecule has 6 rings (SSSR count). The molecular weight excluding hydrogens is 624 g/mol. The lowest BCUT2D eigenvalue weighted by Crippen LogP contribution is -2.58. The molecular formula is C33H47ClN8O3S. The number of thiophene rings is 1.